The average molecular weight is 289 g/mol. The molecule has 1 saturated heterocycles. The SMILES string of the molecule is CC(=O)N1CC2(CC(c3cccnc3)=NO2)C[C@H]1C(=O)O. The highest BCUT2D eigenvalue weighted by molar-refractivity contribution is 6.01. The van der Waals surface area contributed by atoms with Crippen molar-refractivity contribution in [3.63, 3.8) is 0 Å². The fourth-order valence-electron chi connectivity index (χ4n) is 2.90. The van der Waals surface area contributed by atoms with Crippen LogP contribution in [0.25, 0.3) is 0 Å². The Kier molecular flexibility index (Phi) is 3.12. The first-order valence-electron chi connectivity index (χ1n) is 6.66. The Balaban J connectivity index is 1.80. The Hall–Kier alpha value is -2.44. The molecule has 110 valence electrons. The molecule has 1 unspecified atom stereocenters. The number of aromatic nitrogens is 1. The van der Waals surface area contributed by atoms with Crippen LogP contribution >= 0.6 is 0 Å². The first-order valence-corrected chi connectivity index (χ1v) is 6.66. The van der Waals surface area contributed by atoms with Crippen LogP contribution in [-0.2, 0) is 14.4 Å². The molecule has 3 rings (SSSR count). The Morgan fingerprint density at radius 2 is 2.33 bits per heavy atom. The predicted molar refractivity (Wildman–Crippen MR) is 72.6 cm³/mol. The van der Waals surface area contributed by atoms with Gasteiger partial charge in [-0.05, 0) is 12.1 Å². The summed E-state index contributed by atoms with van der Waals surface area (Å²) in [5.74, 6) is -1.28. The van der Waals surface area contributed by atoms with Crippen molar-refractivity contribution in [3.8, 4) is 0 Å². The molecule has 2 aliphatic rings. The summed E-state index contributed by atoms with van der Waals surface area (Å²) in [5, 5.41) is 13.3. The maximum Gasteiger partial charge on any atom is 0.326 e. The van der Waals surface area contributed by atoms with Gasteiger partial charge < -0.3 is 14.8 Å². The van der Waals surface area contributed by atoms with E-state index in [0.29, 0.717) is 6.42 Å². The number of carboxylic acid groups (broad SMARTS) is 1. The van der Waals surface area contributed by atoms with Crippen molar-refractivity contribution in [2.24, 2.45) is 5.16 Å². The topological polar surface area (TPSA) is 92.1 Å². The fraction of sp³-hybridized carbons (Fsp3) is 0.429. The number of hydrogen-bond donors (Lipinski definition) is 1. The fourth-order valence-corrected chi connectivity index (χ4v) is 2.90. The molecule has 1 N–H and O–H groups in total. The van der Waals surface area contributed by atoms with E-state index in [0.717, 1.165) is 11.3 Å². The number of carbonyl (C=O) groups is 2. The maximum absolute atomic E-state index is 11.6. The van der Waals surface area contributed by atoms with Gasteiger partial charge in [0.15, 0.2) is 5.60 Å². The van der Waals surface area contributed by atoms with Gasteiger partial charge in [0.2, 0.25) is 5.91 Å². The van der Waals surface area contributed by atoms with Gasteiger partial charge in [-0.25, -0.2) is 4.79 Å². The highest BCUT2D eigenvalue weighted by atomic mass is 16.7. The highest BCUT2D eigenvalue weighted by Crippen LogP contribution is 2.38. The van der Waals surface area contributed by atoms with Crippen LogP contribution in [0.1, 0.15) is 25.3 Å². The average Bonchev–Trinajstić information content (AvgIpc) is 3.05. The van der Waals surface area contributed by atoms with Crippen molar-refractivity contribution in [1.82, 2.24) is 9.88 Å². The van der Waals surface area contributed by atoms with Crippen LogP contribution in [-0.4, -0.2) is 50.8 Å². The summed E-state index contributed by atoms with van der Waals surface area (Å²) >= 11 is 0. The van der Waals surface area contributed by atoms with Crippen molar-refractivity contribution < 1.29 is 19.5 Å². The molecule has 1 aromatic heterocycles. The summed E-state index contributed by atoms with van der Waals surface area (Å²) in [4.78, 5) is 33.8. The molecule has 0 aliphatic carbocycles. The summed E-state index contributed by atoms with van der Waals surface area (Å²) in [6.45, 7) is 1.61. The molecule has 1 amide bonds. The minimum absolute atomic E-state index is 0.243. The van der Waals surface area contributed by atoms with E-state index in [1.54, 1.807) is 18.5 Å². The normalized spacial score (nSPS) is 27.6. The summed E-state index contributed by atoms with van der Waals surface area (Å²) in [5.41, 5.74) is 0.847. The summed E-state index contributed by atoms with van der Waals surface area (Å²) < 4.78 is 0. The van der Waals surface area contributed by atoms with E-state index in [2.05, 4.69) is 10.1 Å². The minimum atomic E-state index is -1.01. The van der Waals surface area contributed by atoms with Gasteiger partial charge in [0.05, 0.1) is 12.3 Å². The highest BCUT2D eigenvalue weighted by Gasteiger charge is 2.53. The summed E-state index contributed by atoms with van der Waals surface area (Å²) in [7, 11) is 0. The second kappa shape index (κ2) is 4.83. The van der Waals surface area contributed by atoms with Crippen molar-refractivity contribution in [1.29, 1.82) is 0 Å². The number of carbonyl (C=O) groups excluding carboxylic acids is 1. The van der Waals surface area contributed by atoms with Crippen molar-refractivity contribution in [3.05, 3.63) is 30.1 Å². The lowest BCUT2D eigenvalue weighted by molar-refractivity contribution is -0.147. The molecule has 3 heterocycles. The zero-order valence-electron chi connectivity index (χ0n) is 11.5. The Morgan fingerprint density at radius 1 is 1.52 bits per heavy atom. The van der Waals surface area contributed by atoms with Gasteiger partial charge in [0.25, 0.3) is 0 Å². The van der Waals surface area contributed by atoms with Crippen LogP contribution < -0.4 is 0 Å². The van der Waals surface area contributed by atoms with E-state index in [-0.39, 0.29) is 18.9 Å². The second-order valence-corrected chi connectivity index (χ2v) is 5.44. The van der Waals surface area contributed by atoms with E-state index in [4.69, 9.17) is 4.84 Å². The van der Waals surface area contributed by atoms with Gasteiger partial charge in [-0.1, -0.05) is 5.16 Å². The number of likely N-dealkylation sites (tertiary alicyclic amines) is 1. The molecular weight excluding hydrogens is 274 g/mol. The number of pyridine rings is 1. The first-order chi connectivity index (χ1) is 10.0. The minimum Gasteiger partial charge on any atom is -0.480 e. The number of nitrogens with zero attached hydrogens (tertiary/aromatic N) is 3. The van der Waals surface area contributed by atoms with E-state index < -0.39 is 17.6 Å². The zero-order valence-corrected chi connectivity index (χ0v) is 11.5. The number of hydrogen-bond acceptors (Lipinski definition) is 5. The molecule has 0 saturated carbocycles. The van der Waals surface area contributed by atoms with Crippen molar-refractivity contribution in [2.45, 2.75) is 31.4 Å². The van der Waals surface area contributed by atoms with Crippen LogP contribution in [0.3, 0.4) is 0 Å². The molecule has 7 nitrogen and oxygen atoms in total. The van der Waals surface area contributed by atoms with E-state index in [1.165, 1.54) is 11.8 Å². The zero-order chi connectivity index (χ0) is 15.0. The van der Waals surface area contributed by atoms with Crippen LogP contribution in [0.15, 0.2) is 29.7 Å². The number of aliphatic carboxylic acids is 1. The lowest BCUT2D eigenvalue weighted by Gasteiger charge is -2.21. The van der Waals surface area contributed by atoms with E-state index in [9.17, 15) is 14.7 Å². The van der Waals surface area contributed by atoms with Crippen LogP contribution in [0, 0.1) is 0 Å². The first kappa shape index (κ1) is 13.5. The summed E-state index contributed by atoms with van der Waals surface area (Å²) in [6.07, 6.45) is 4.08. The molecule has 1 fully saturated rings. The van der Waals surface area contributed by atoms with Gasteiger partial charge in [-0.3, -0.25) is 9.78 Å². The third-order valence-corrected chi connectivity index (χ3v) is 3.92. The monoisotopic (exact) mass is 289 g/mol. The van der Waals surface area contributed by atoms with Crippen LogP contribution in [0.4, 0.5) is 0 Å². The third kappa shape index (κ3) is 2.35. The largest absolute Gasteiger partial charge is 0.480 e. The Bertz CT molecular complexity index is 592. The molecule has 2 aliphatic heterocycles. The number of rotatable bonds is 2. The van der Waals surface area contributed by atoms with E-state index in [1.807, 2.05) is 6.07 Å². The molecule has 0 bridgehead atoms. The van der Waals surface area contributed by atoms with Crippen molar-refractivity contribution >= 4 is 17.6 Å². The second-order valence-electron chi connectivity index (χ2n) is 5.44. The molecular formula is C14H15N3O4. The van der Waals surface area contributed by atoms with E-state index >= 15 is 0 Å². The third-order valence-electron chi connectivity index (χ3n) is 3.92. The summed E-state index contributed by atoms with van der Waals surface area (Å²) in [6, 6.07) is 2.82. The molecule has 21 heavy (non-hydrogen) atoms. The van der Waals surface area contributed by atoms with Gasteiger partial charge in [0, 0.05) is 37.7 Å². The molecule has 0 aromatic carbocycles. The number of oxime groups is 1. The molecule has 0 radical (unpaired) electrons. The lowest BCUT2D eigenvalue weighted by atomic mass is 9.92. The standard InChI is InChI=1S/C14H15N3O4/c1-9(18)17-8-14(6-12(17)13(19)20)5-11(16-21-14)10-3-2-4-15-7-10/h2-4,7,12H,5-6,8H2,1H3,(H,19,20)/t12-,14?/m0/s1. The Labute approximate surface area is 121 Å². The Morgan fingerprint density at radius 3 is 2.90 bits per heavy atom. The van der Waals surface area contributed by atoms with Gasteiger partial charge in [-0.15, -0.1) is 0 Å². The maximum atomic E-state index is 11.6. The van der Waals surface area contributed by atoms with Crippen LogP contribution in [0.2, 0.25) is 0 Å². The smallest absolute Gasteiger partial charge is 0.326 e. The van der Waals surface area contributed by atoms with Gasteiger partial charge in [-0.2, -0.15) is 0 Å². The van der Waals surface area contributed by atoms with Crippen LogP contribution in [0.5, 0.6) is 0 Å². The molecule has 1 spiro atoms. The molecule has 1 aromatic rings. The van der Waals surface area contributed by atoms with Crippen molar-refractivity contribution in [2.75, 3.05) is 6.54 Å². The molecule has 7 heteroatoms. The quantitative estimate of drug-likeness (QED) is 0.863. The van der Waals surface area contributed by atoms with Gasteiger partial charge >= 0.3 is 5.97 Å². The molecule has 2 atom stereocenters. The predicted octanol–water partition coefficient (Wildman–Crippen LogP) is 0.650. The van der Waals surface area contributed by atoms with Gasteiger partial charge in [0.1, 0.15) is 6.04 Å². The number of amides is 1. The number of carboxylic acids is 1. The lowest BCUT2D eigenvalue weighted by Crippen LogP contribution is -2.40.